The number of nitrogens with zero attached hydrogens (tertiary/aromatic N) is 2. The zero-order chi connectivity index (χ0) is 10.7. The van der Waals surface area contributed by atoms with E-state index < -0.39 is 0 Å². The average Bonchev–Trinajstić information content (AvgIpc) is 2.30. The quantitative estimate of drug-likeness (QED) is 0.771. The fourth-order valence-corrected chi connectivity index (χ4v) is 2.28. The van der Waals surface area contributed by atoms with Crippen LogP contribution in [0.15, 0.2) is 34.0 Å². The van der Waals surface area contributed by atoms with Crippen molar-refractivity contribution in [1.82, 2.24) is 5.01 Å². The molecule has 0 unspecified atom stereocenters. The molecule has 1 saturated heterocycles. The molecule has 4 heteroatoms. The third-order valence-corrected chi connectivity index (χ3v) is 3.46. The highest BCUT2D eigenvalue weighted by Crippen LogP contribution is 2.28. The highest BCUT2D eigenvalue weighted by atomic mass is 79.9. The molecule has 3 nitrogen and oxygen atoms in total. The van der Waals surface area contributed by atoms with Crippen LogP contribution in [0, 0.1) is 4.91 Å². The maximum Gasteiger partial charge on any atom is 0.0523 e. The van der Waals surface area contributed by atoms with Gasteiger partial charge in [-0.05, 0) is 36.5 Å². The van der Waals surface area contributed by atoms with E-state index in [1.54, 1.807) is 5.01 Å². The molecule has 0 bridgehead atoms. The minimum absolute atomic E-state index is 0.580. The molecule has 0 saturated carbocycles. The molecule has 1 aromatic carbocycles. The molecule has 0 amide bonds. The van der Waals surface area contributed by atoms with Crippen LogP contribution in [-0.2, 0) is 0 Å². The first-order valence-corrected chi connectivity index (χ1v) is 5.92. The van der Waals surface area contributed by atoms with Gasteiger partial charge in [0, 0.05) is 17.6 Å². The first kappa shape index (κ1) is 10.6. The fraction of sp³-hybridized carbons (Fsp3) is 0.455. The zero-order valence-electron chi connectivity index (χ0n) is 8.40. The van der Waals surface area contributed by atoms with Gasteiger partial charge in [-0.2, -0.15) is 0 Å². The van der Waals surface area contributed by atoms with Crippen LogP contribution in [0.2, 0.25) is 0 Å². The molecule has 1 aliphatic rings. The molecule has 2 rings (SSSR count). The summed E-state index contributed by atoms with van der Waals surface area (Å²) in [5, 5.41) is 4.57. The van der Waals surface area contributed by atoms with Gasteiger partial charge in [-0.1, -0.05) is 28.1 Å². The zero-order valence-corrected chi connectivity index (χ0v) is 9.98. The molecule has 1 aromatic rings. The molecular weight excluding hydrogens is 256 g/mol. The predicted molar refractivity (Wildman–Crippen MR) is 63.5 cm³/mol. The summed E-state index contributed by atoms with van der Waals surface area (Å²) in [4.78, 5) is 10.3. The van der Waals surface area contributed by atoms with E-state index >= 15 is 0 Å². The number of rotatable bonds is 2. The van der Waals surface area contributed by atoms with Crippen LogP contribution in [0.4, 0.5) is 0 Å². The van der Waals surface area contributed by atoms with Crippen LogP contribution in [0.5, 0.6) is 0 Å². The van der Waals surface area contributed by atoms with Crippen molar-refractivity contribution in [2.24, 2.45) is 5.29 Å². The van der Waals surface area contributed by atoms with Crippen LogP contribution in [-0.4, -0.2) is 18.1 Å². The molecule has 0 aromatic heterocycles. The molecule has 0 atom stereocenters. The van der Waals surface area contributed by atoms with Crippen LogP contribution in [0.3, 0.4) is 0 Å². The number of hydrogen-bond acceptors (Lipinski definition) is 2. The number of halogens is 1. The molecule has 0 radical (unpaired) electrons. The Balaban J connectivity index is 2.01. The number of benzene rings is 1. The number of hydrogen-bond donors (Lipinski definition) is 0. The van der Waals surface area contributed by atoms with Crippen LogP contribution in [0.1, 0.15) is 24.3 Å². The van der Waals surface area contributed by atoms with Gasteiger partial charge in [0.1, 0.15) is 0 Å². The minimum Gasteiger partial charge on any atom is -0.261 e. The Morgan fingerprint density at radius 1 is 1.20 bits per heavy atom. The summed E-state index contributed by atoms with van der Waals surface area (Å²) in [5.41, 5.74) is 1.36. The van der Waals surface area contributed by atoms with Crippen molar-refractivity contribution in [3.63, 3.8) is 0 Å². The summed E-state index contributed by atoms with van der Waals surface area (Å²) in [6.45, 7) is 1.56. The lowest BCUT2D eigenvalue weighted by atomic mass is 9.90. The normalized spacial score (nSPS) is 17.8. The smallest absolute Gasteiger partial charge is 0.0523 e. The Bertz CT molecular complexity index is 331. The maximum atomic E-state index is 10.3. The summed E-state index contributed by atoms with van der Waals surface area (Å²) < 4.78 is 1.11. The van der Waals surface area contributed by atoms with E-state index in [0.29, 0.717) is 5.92 Å². The van der Waals surface area contributed by atoms with E-state index in [-0.39, 0.29) is 0 Å². The van der Waals surface area contributed by atoms with E-state index in [1.165, 1.54) is 5.56 Å². The topological polar surface area (TPSA) is 32.7 Å². The summed E-state index contributed by atoms with van der Waals surface area (Å²) in [6, 6.07) is 8.44. The van der Waals surface area contributed by atoms with Gasteiger partial charge in [0.25, 0.3) is 0 Å². The predicted octanol–water partition coefficient (Wildman–Crippen LogP) is 3.31. The van der Waals surface area contributed by atoms with Crippen molar-refractivity contribution in [3.05, 3.63) is 39.2 Å². The summed E-state index contributed by atoms with van der Waals surface area (Å²) in [6.07, 6.45) is 2.04. The minimum atomic E-state index is 0.580. The van der Waals surface area contributed by atoms with Gasteiger partial charge >= 0.3 is 0 Å². The lowest BCUT2D eigenvalue weighted by Crippen LogP contribution is -2.28. The van der Waals surface area contributed by atoms with Crippen molar-refractivity contribution in [2.75, 3.05) is 13.1 Å². The Morgan fingerprint density at radius 3 is 2.33 bits per heavy atom. The van der Waals surface area contributed by atoms with Gasteiger partial charge in [-0.15, -0.1) is 4.91 Å². The lowest BCUT2D eigenvalue weighted by Gasteiger charge is -2.27. The van der Waals surface area contributed by atoms with Crippen molar-refractivity contribution >= 4 is 15.9 Å². The van der Waals surface area contributed by atoms with Crippen molar-refractivity contribution in [2.45, 2.75) is 18.8 Å². The summed E-state index contributed by atoms with van der Waals surface area (Å²) in [7, 11) is 0. The fourth-order valence-electron chi connectivity index (χ4n) is 2.02. The molecule has 80 valence electrons. The highest BCUT2D eigenvalue weighted by molar-refractivity contribution is 9.10. The number of nitroso groups, excluding NO2 is 1. The van der Waals surface area contributed by atoms with Crippen LogP contribution >= 0.6 is 15.9 Å². The van der Waals surface area contributed by atoms with Gasteiger partial charge in [-0.25, -0.2) is 0 Å². The highest BCUT2D eigenvalue weighted by Gasteiger charge is 2.19. The third kappa shape index (κ3) is 2.56. The Labute approximate surface area is 97.5 Å². The van der Waals surface area contributed by atoms with E-state index in [0.717, 1.165) is 30.4 Å². The van der Waals surface area contributed by atoms with Crippen LogP contribution < -0.4 is 0 Å². The average molecular weight is 269 g/mol. The lowest BCUT2D eigenvalue weighted by molar-refractivity contribution is 0.218. The molecule has 0 aliphatic carbocycles. The first-order chi connectivity index (χ1) is 7.29. The molecule has 0 spiro atoms. The second-order valence-corrected chi connectivity index (χ2v) is 4.78. The van der Waals surface area contributed by atoms with E-state index in [1.807, 2.05) is 0 Å². The van der Waals surface area contributed by atoms with E-state index in [2.05, 4.69) is 45.5 Å². The van der Waals surface area contributed by atoms with Gasteiger partial charge < -0.3 is 0 Å². The second kappa shape index (κ2) is 4.75. The summed E-state index contributed by atoms with van der Waals surface area (Å²) >= 11 is 3.43. The van der Waals surface area contributed by atoms with Gasteiger partial charge in [0.05, 0.1) is 5.29 Å². The molecular formula is C11H13BrN2O. The Kier molecular flexibility index (Phi) is 3.36. The van der Waals surface area contributed by atoms with Gasteiger partial charge in [0.2, 0.25) is 0 Å². The molecule has 1 heterocycles. The SMILES string of the molecule is O=NN1CCC(c2ccc(Br)cc2)CC1. The molecule has 1 fully saturated rings. The van der Waals surface area contributed by atoms with Crippen molar-refractivity contribution in [1.29, 1.82) is 0 Å². The van der Waals surface area contributed by atoms with E-state index in [9.17, 15) is 4.91 Å². The molecule has 0 N–H and O–H groups in total. The van der Waals surface area contributed by atoms with Crippen LogP contribution in [0.25, 0.3) is 0 Å². The largest absolute Gasteiger partial charge is 0.261 e. The van der Waals surface area contributed by atoms with E-state index in [4.69, 9.17) is 0 Å². The Hall–Kier alpha value is -0.900. The standard InChI is InChI=1S/C11H13BrN2O/c12-11-3-1-9(2-4-11)10-5-7-14(13-15)8-6-10/h1-4,10H,5-8H2. The number of piperidine rings is 1. The molecule has 1 aliphatic heterocycles. The summed E-state index contributed by atoms with van der Waals surface area (Å²) in [5.74, 6) is 0.580. The van der Waals surface area contributed by atoms with Gasteiger partial charge in [0.15, 0.2) is 0 Å². The Morgan fingerprint density at radius 2 is 1.80 bits per heavy atom. The third-order valence-electron chi connectivity index (χ3n) is 2.93. The monoisotopic (exact) mass is 268 g/mol. The van der Waals surface area contributed by atoms with Crippen molar-refractivity contribution < 1.29 is 0 Å². The van der Waals surface area contributed by atoms with Gasteiger partial charge in [-0.3, -0.25) is 5.01 Å². The molecule has 15 heavy (non-hydrogen) atoms. The first-order valence-electron chi connectivity index (χ1n) is 5.13. The second-order valence-electron chi connectivity index (χ2n) is 3.86. The maximum absolute atomic E-state index is 10.3. The van der Waals surface area contributed by atoms with Crippen molar-refractivity contribution in [3.8, 4) is 0 Å².